The normalized spacial score (nSPS) is 17.8. The van der Waals surface area contributed by atoms with Crippen LogP contribution in [0.2, 0.25) is 0 Å². The number of benzene rings is 2. The lowest BCUT2D eigenvalue weighted by Crippen LogP contribution is -2.50. The van der Waals surface area contributed by atoms with Gasteiger partial charge in [0, 0.05) is 49.3 Å². The first-order valence-corrected chi connectivity index (χ1v) is 14.1. The number of rotatable bonds is 9. The average molecular weight is 517 g/mol. The van der Waals surface area contributed by atoms with Gasteiger partial charge in [-0.1, -0.05) is 67.3 Å². The number of aryl methyl sites for hydroxylation is 1. The summed E-state index contributed by atoms with van der Waals surface area (Å²) in [6, 6.07) is 15.6. The maximum atomic E-state index is 14.1. The van der Waals surface area contributed by atoms with E-state index in [-0.39, 0.29) is 24.3 Å². The van der Waals surface area contributed by atoms with Gasteiger partial charge in [-0.2, -0.15) is 0 Å². The zero-order chi connectivity index (χ0) is 26.3. The molecule has 7 nitrogen and oxygen atoms in total. The van der Waals surface area contributed by atoms with E-state index >= 15 is 0 Å². The monoisotopic (exact) mass is 516 g/mol. The van der Waals surface area contributed by atoms with Crippen LogP contribution in [0.15, 0.2) is 54.7 Å². The van der Waals surface area contributed by atoms with Gasteiger partial charge in [0.15, 0.2) is 0 Å². The molecule has 0 radical (unpaired) electrons. The van der Waals surface area contributed by atoms with E-state index in [0.717, 1.165) is 66.4 Å². The molecule has 202 valence electrons. The van der Waals surface area contributed by atoms with Crippen LogP contribution in [0, 0.1) is 6.92 Å². The van der Waals surface area contributed by atoms with Crippen molar-refractivity contribution in [3.8, 4) is 0 Å². The SMILES string of the molecule is Cc1ccc([C@H](C(=O)NC2CCCCC2)N(CCN2CCOCC2)C(=O)Cc2c[nH]c3ccccc23)cc1. The van der Waals surface area contributed by atoms with E-state index in [4.69, 9.17) is 4.74 Å². The number of fused-ring (bicyclic) bond motifs is 1. The van der Waals surface area contributed by atoms with Crippen LogP contribution < -0.4 is 5.32 Å². The Kier molecular flexibility index (Phi) is 8.76. The molecule has 38 heavy (non-hydrogen) atoms. The van der Waals surface area contributed by atoms with Gasteiger partial charge in [0.2, 0.25) is 11.8 Å². The highest BCUT2D eigenvalue weighted by molar-refractivity contribution is 5.92. The van der Waals surface area contributed by atoms with Crippen LogP contribution in [0.1, 0.15) is 54.8 Å². The first-order valence-electron chi connectivity index (χ1n) is 14.1. The van der Waals surface area contributed by atoms with Crippen LogP contribution in [0.5, 0.6) is 0 Å². The number of hydrogen-bond acceptors (Lipinski definition) is 4. The molecule has 2 aromatic carbocycles. The largest absolute Gasteiger partial charge is 0.379 e. The van der Waals surface area contributed by atoms with Gasteiger partial charge >= 0.3 is 0 Å². The molecule has 0 spiro atoms. The van der Waals surface area contributed by atoms with Gasteiger partial charge in [-0.25, -0.2) is 0 Å². The van der Waals surface area contributed by atoms with E-state index in [1.807, 2.05) is 66.6 Å². The van der Waals surface area contributed by atoms with Gasteiger partial charge in [0.1, 0.15) is 6.04 Å². The molecule has 2 fully saturated rings. The Labute approximate surface area is 225 Å². The van der Waals surface area contributed by atoms with Crippen molar-refractivity contribution in [2.75, 3.05) is 39.4 Å². The summed E-state index contributed by atoms with van der Waals surface area (Å²) in [6.45, 7) is 6.32. The smallest absolute Gasteiger partial charge is 0.247 e. The lowest BCUT2D eigenvalue weighted by molar-refractivity contribution is -0.141. The maximum Gasteiger partial charge on any atom is 0.247 e. The quantitative estimate of drug-likeness (QED) is 0.443. The number of para-hydroxylation sites is 1. The molecule has 1 aliphatic carbocycles. The molecule has 1 saturated carbocycles. The molecule has 3 aromatic rings. The number of nitrogens with zero attached hydrogens (tertiary/aromatic N) is 2. The van der Waals surface area contributed by atoms with Crippen molar-refractivity contribution in [3.63, 3.8) is 0 Å². The second kappa shape index (κ2) is 12.6. The summed E-state index contributed by atoms with van der Waals surface area (Å²) in [6.07, 6.45) is 7.67. The summed E-state index contributed by atoms with van der Waals surface area (Å²) in [7, 11) is 0. The number of amides is 2. The number of morpholine rings is 1. The molecule has 1 saturated heterocycles. The Morgan fingerprint density at radius 3 is 2.55 bits per heavy atom. The second-order valence-corrected chi connectivity index (χ2v) is 10.7. The summed E-state index contributed by atoms with van der Waals surface area (Å²) in [5.74, 6) is -0.109. The minimum atomic E-state index is -0.670. The lowest BCUT2D eigenvalue weighted by atomic mass is 9.94. The number of hydrogen-bond donors (Lipinski definition) is 2. The van der Waals surface area contributed by atoms with Gasteiger partial charge in [-0.05, 0) is 37.0 Å². The van der Waals surface area contributed by atoms with E-state index in [9.17, 15) is 9.59 Å². The van der Waals surface area contributed by atoms with Crippen LogP contribution in [0.4, 0.5) is 0 Å². The Bertz CT molecular complexity index is 1210. The number of carbonyl (C=O) groups excluding carboxylic acids is 2. The Balaban J connectivity index is 1.44. The molecule has 1 aliphatic heterocycles. The molecule has 2 heterocycles. The van der Waals surface area contributed by atoms with Gasteiger partial charge < -0.3 is 19.9 Å². The fraction of sp³-hybridized carbons (Fsp3) is 0.484. The van der Waals surface area contributed by atoms with Gasteiger partial charge in [-0.15, -0.1) is 0 Å². The summed E-state index contributed by atoms with van der Waals surface area (Å²) in [5, 5.41) is 4.37. The highest BCUT2D eigenvalue weighted by Crippen LogP contribution is 2.26. The van der Waals surface area contributed by atoms with E-state index in [0.29, 0.717) is 26.3 Å². The number of carbonyl (C=O) groups is 2. The first kappa shape index (κ1) is 26.4. The van der Waals surface area contributed by atoms with Crippen molar-refractivity contribution in [3.05, 3.63) is 71.4 Å². The molecule has 2 amide bonds. The number of aromatic nitrogens is 1. The first-order chi connectivity index (χ1) is 18.6. The average Bonchev–Trinajstić information content (AvgIpc) is 3.35. The van der Waals surface area contributed by atoms with Crippen molar-refractivity contribution in [2.24, 2.45) is 0 Å². The number of H-pyrrole nitrogens is 1. The van der Waals surface area contributed by atoms with Gasteiger partial charge in [-0.3, -0.25) is 14.5 Å². The number of ether oxygens (including phenoxy) is 1. The van der Waals surface area contributed by atoms with Gasteiger partial charge in [0.25, 0.3) is 0 Å². The molecule has 0 bridgehead atoms. The van der Waals surface area contributed by atoms with Crippen LogP contribution >= 0.6 is 0 Å². The third-order valence-electron chi connectivity index (χ3n) is 8.00. The third kappa shape index (κ3) is 6.45. The molecule has 2 N–H and O–H groups in total. The molecule has 2 aliphatic rings. The summed E-state index contributed by atoms with van der Waals surface area (Å²) >= 11 is 0. The van der Waals surface area contributed by atoms with E-state index in [1.165, 1.54) is 6.42 Å². The number of nitrogens with one attached hydrogen (secondary N) is 2. The van der Waals surface area contributed by atoms with Crippen molar-refractivity contribution in [1.29, 1.82) is 0 Å². The summed E-state index contributed by atoms with van der Waals surface area (Å²) in [5.41, 5.74) is 3.96. The van der Waals surface area contributed by atoms with Gasteiger partial charge in [0.05, 0.1) is 19.6 Å². The molecule has 1 atom stereocenters. The third-order valence-corrected chi connectivity index (χ3v) is 8.00. The molecule has 1 aromatic heterocycles. The molecule has 5 rings (SSSR count). The fourth-order valence-electron chi connectivity index (χ4n) is 5.76. The summed E-state index contributed by atoms with van der Waals surface area (Å²) < 4.78 is 5.53. The zero-order valence-electron chi connectivity index (χ0n) is 22.5. The fourth-order valence-corrected chi connectivity index (χ4v) is 5.76. The second-order valence-electron chi connectivity index (χ2n) is 10.7. The zero-order valence-corrected chi connectivity index (χ0v) is 22.5. The molecular formula is C31H40N4O3. The van der Waals surface area contributed by atoms with E-state index in [1.54, 1.807) is 0 Å². The maximum absolute atomic E-state index is 14.1. The van der Waals surface area contributed by atoms with Crippen molar-refractivity contribution < 1.29 is 14.3 Å². The predicted molar refractivity (Wildman–Crippen MR) is 150 cm³/mol. The van der Waals surface area contributed by atoms with Crippen molar-refractivity contribution in [1.82, 2.24) is 20.1 Å². The molecule has 0 unspecified atom stereocenters. The van der Waals surface area contributed by atoms with E-state index < -0.39 is 6.04 Å². The topological polar surface area (TPSA) is 77.7 Å². The van der Waals surface area contributed by atoms with Crippen LogP contribution in [-0.2, 0) is 20.7 Å². The number of aromatic amines is 1. The van der Waals surface area contributed by atoms with Crippen LogP contribution in [-0.4, -0.2) is 72.0 Å². The minimum Gasteiger partial charge on any atom is -0.379 e. The highest BCUT2D eigenvalue weighted by Gasteiger charge is 2.33. The van der Waals surface area contributed by atoms with E-state index in [2.05, 4.69) is 15.2 Å². The van der Waals surface area contributed by atoms with Crippen LogP contribution in [0.25, 0.3) is 10.9 Å². The Morgan fingerprint density at radius 2 is 1.79 bits per heavy atom. The molecule has 7 heteroatoms. The van der Waals surface area contributed by atoms with Crippen LogP contribution in [0.3, 0.4) is 0 Å². The standard InChI is InChI=1S/C31H40N4O3/c1-23-11-13-24(14-12-23)30(31(37)33-26-7-3-2-4-8-26)35(16-15-34-17-19-38-20-18-34)29(36)21-25-22-32-28-10-6-5-9-27(25)28/h5-6,9-14,22,26,30,32H,2-4,7-8,15-21H2,1H3,(H,33,37)/t30-/m1/s1. The molecular weight excluding hydrogens is 476 g/mol. The Morgan fingerprint density at radius 1 is 1.05 bits per heavy atom. The van der Waals surface area contributed by atoms with Crippen molar-refractivity contribution in [2.45, 2.75) is 57.5 Å². The predicted octanol–water partition coefficient (Wildman–Crippen LogP) is 4.37. The Hall–Kier alpha value is -3.16. The highest BCUT2D eigenvalue weighted by atomic mass is 16.5. The summed E-state index contributed by atoms with van der Waals surface area (Å²) in [4.78, 5) is 35.5. The van der Waals surface area contributed by atoms with Crippen molar-refractivity contribution >= 4 is 22.7 Å². The lowest BCUT2D eigenvalue weighted by Gasteiger charge is -2.35. The minimum absolute atomic E-state index is 0.0348.